The van der Waals surface area contributed by atoms with E-state index in [2.05, 4.69) is 9.97 Å². The summed E-state index contributed by atoms with van der Waals surface area (Å²) in [6.07, 6.45) is -0.665. The van der Waals surface area contributed by atoms with Crippen molar-refractivity contribution in [2.45, 2.75) is 37.5 Å². The van der Waals surface area contributed by atoms with E-state index in [1.165, 1.54) is 0 Å². The largest absolute Gasteiger partial charge is 0.419 e. The van der Waals surface area contributed by atoms with E-state index in [9.17, 15) is 18.0 Å². The van der Waals surface area contributed by atoms with Crippen LogP contribution in [0.25, 0.3) is 0 Å². The molecule has 126 valence electrons. The zero-order valence-electron chi connectivity index (χ0n) is 12.5. The first-order chi connectivity index (χ1) is 10.9. The van der Waals surface area contributed by atoms with Crippen molar-refractivity contribution in [1.82, 2.24) is 14.9 Å². The van der Waals surface area contributed by atoms with E-state index >= 15 is 0 Å². The first-order valence-electron chi connectivity index (χ1n) is 7.56. The molecule has 0 radical (unpaired) electrons. The summed E-state index contributed by atoms with van der Waals surface area (Å²) in [6, 6.07) is -0.256. The van der Waals surface area contributed by atoms with E-state index in [1.807, 2.05) is 9.80 Å². The summed E-state index contributed by atoms with van der Waals surface area (Å²) in [4.78, 5) is 23.2. The maximum absolute atomic E-state index is 12.5. The second kappa shape index (κ2) is 5.95. The van der Waals surface area contributed by atoms with Crippen molar-refractivity contribution in [2.75, 3.05) is 24.5 Å². The molecular weight excluding hydrogens is 311 g/mol. The fraction of sp³-hybridized carbons (Fsp3) is 0.643. The van der Waals surface area contributed by atoms with Crippen LogP contribution in [0.2, 0.25) is 0 Å². The molecule has 1 aromatic heterocycles. The molecule has 23 heavy (non-hydrogen) atoms. The molecule has 2 N–H and O–H groups in total. The molecule has 2 saturated heterocycles. The van der Waals surface area contributed by atoms with Gasteiger partial charge >= 0.3 is 6.18 Å². The van der Waals surface area contributed by atoms with Crippen LogP contribution in [0.15, 0.2) is 12.4 Å². The minimum atomic E-state index is -4.43. The minimum Gasteiger partial charge on any atom is -0.341 e. The number of likely N-dealkylation sites (tertiary alicyclic amines) is 1. The number of carbonyl (C=O) groups excluding carboxylic acids is 1. The fourth-order valence-corrected chi connectivity index (χ4v) is 3.10. The second-order valence-corrected chi connectivity index (χ2v) is 5.91. The molecule has 0 bridgehead atoms. The molecule has 0 spiro atoms. The molecular formula is C14H18F3N5O. The third-order valence-electron chi connectivity index (χ3n) is 4.43. The summed E-state index contributed by atoms with van der Waals surface area (Å²) in [6.45, 7) is 1.89. The second-order valence-electron chi connectivity index (χ2n) is 5.91. The van der Waals surface area contributed by atoms with Gasteiger partial charge in [0.25, 0.3) is 0 Å². The molecule has 1 amide bonds. The molecule has 1 aromatic rings. The van der Waals surface area contributed by atoms with Gasteiger partial charge in [0.2, 0.25) is 11.9 Å². The summed E-state index contributed by atoms with van der Waals surface area (Å²) in [5.74, 6) is 0.287. The standard InChI is InChI=1S/C14H18F3N5O/c15-14(16,17)9-7-19-13(20-8-9)21-4-1-10(2-5-21)22-6-3-11(18)12(22)23/h7-8,10-11H,1-6,18H2/t11-/m1/s1. The SMILES string of the molecule is N[C@@H]1CCN(C2CCN(c3ncc(C(F)(F)F)cn3)CC2)C1=O. The van der Waals surface area contributed by atoms with Crippen LogP contribution in [0.4, 0.5) is 19.1 Å². The van der Waals surface area contributed by atoms with Crippen LogP contribution in [-0.4, -0.2) is 52.5 Å². The van der Waals surface area contributed by atoms with Gasteiger partial charge in [-0.2, -0.15) is 13.2 Å². The Morgan fingerprint density at radius 3 is 2.17 bits per heavy atom. The highest BCUT2D eigenvalue weighted by molar-refractivity contribution is 5.84. The first-order valence-corrected chi connectivity index (χ1v) is 7.56. The van der Waals surface area contributed by atoms with E-state index in [0.29, 0.717) is 32.0 Å². The van der Waals surface area contributed by atoms with Gasteiger partial charge in [0.1, 0.15) is 0 Å². The van der Waals surface area contributed by atoms with Crippen molar-refractivity contribution in [1.29, 1.82) is 0 Å². The zero-order chi connectivity index (χ0) is 16.6. The smallest absolute Gasteiger partial charge is 0.341 e. The highest BCUT2D eigenvalue weighted by Gasteiger charge is 2.36. The molecule has 0 aliphatic carbocycles. The molecule has 0 unspecified atom stereocenters. The number of anilines is 1. The van der Waals surface area contributed by atoms with Crippen LogP contribution in [-0.2, 0) is 11.0 Å². The number of alkyl halides is 3. The number of hydrogen-bond acceptors (Lipinski definition) is 5. The fourth-order valence-electron chi connectivity index (χ4n) is 3.10. The van der Waals surface area contributed by atoms with Crippen molar-refractivity contribution in [3.8, 4) is 0 Å². The van der Waals surface area contributed by atoms with Gasteiger partial charge in [-0.1, -0.05) is 0 Å². The number of piperidine rings is 1. The molecule has 9 heteroatoms. The van der Waals surface area contributed by atoms with Gasteiger partial charge in [-0.05, 0) is 19.3 Å². The number of aromatic nitrogens is 2. The molecule has 1 atom stereocenters. The van der Waals surface area contributed by atoms with Gasteiger partial charge in [0, 0.05) is 38.1 Å². The average Bonchev–Trinajstić information content (AvgIpc) is 2.86. The summed E-state index contributed by atoms with van der Waals surface area (Å²) >= 11 is 0. The number of halogens is 3. The van der Waals surface area contributed by atoms with Crippen molar-refractivity contribution < 1.29 is 18.0 Å². The van der Waals surface area contributed by atoms with E-state index in [4.69, 9.17) is 5.73 Å². The molecule has 2 fully saturated rings. The van der Waals surface area contributed by atoms with Crippen molar-refractivity contribution >= 4 is 11.9 Å². The Balaban J connectivity index is 1.60. The summed E-state index contributed by atoms with van der Waals surface area (Å²) < 4.78 is 37.5. The predicted octanol–water partition coefficient (Wildman–Crippen LogP) is 1.02. The summed E-state index contributed by atoms with van der Waals surface area (Å²) in [5, 5.41) is 0. The van der Waals surface area contributed by atoms with Gasteiger partial charge in [0.15, 0.2) is 0 Å². The molecule has 3 heterocycles. The number of nitrogens with zero attached hydrogens (tertiary/aromatic N) is 4. The van der Waals surface area contributed by atoms with Crippen LogP contribution < -0.4 is 10.6 Å². The monoisotopic (exact) mass is 329 g/mol. The van der Waals surface area contributed by atoms with Gasteiger partial charge < -0.3 is 15.5 Å². The third kappa shape index (κ3) is 3.24. The topological polar surface area (TPSA) is 75.3 Å². The van der Waals surface area contributed by atoms with Gasteiger partial charge in [-0.15, -0.1) is 0 Å². The van der Waals surface area contributed by atoms with Crippen LogP contribution in [0.3, 0.4) is 0 Å². The Hall–Kier alpha value is -1.90. The maximum atomic E-state index is 12.5. The minimum absolute atomic E-state index is 0.00534. The van der Waals surface area contributed by atoms with Gasteiger partial charge in [-0.3, -0.25) is 4.79 Å². The molecule has 6 nitrogen and oxygen atoms in total. The van der Waals surface area contributed by atoms with E-state index in [-0.39, 0.29) is 11.9 Å². The van der Waals surface area contributed by atoms with E-state index in [0.717, 1.165) is 25.2 Å². The Morgan fingerprint density at radius 2 is 1.70 bits per heavy atom. The maximum Gasteiger partial charge on any atom is 0.419 e. The number of carbonyl (C=O) groups is 1. The molecule has 0 aromatic carbocycles. The number of amides is 1. The lowest BCUT2D eigenvalue weighted by Crippen LogP contribution is -2.47. The Kier molecular flexibility index (Phi) is 4.13. The lowest BCUT2D eigenvalue weighted by Gasteiger charge is -2.36. The van der Waals surface area contributed by atoms with Crippen LogP contribution >= 0.6 is 0 Å². The number of rotatable bonds is 2. The van der Waals surface area contributed by atoms with Crippen LogP contribution in [0, 0.1) is 0 Å². The Labute approximate surface area is 131 Å². The lowest BCUT2D eigenvalue weighted by atomic mass is 10.0. The first kappa shape index (κ1) is 16.0. The highest BCUT2D eigenvalue weighted by Crippen LogP contribution is 2.29. The van der Waals surface area contributed by atoms with Gasteiger partial charge in [0.05, 0.1) is 11.6 Å². The lowest BCUT2D eigenvalue weighted by molar-refractivity contribution is -0.138. The quantitative estimate of drug-likeness (QED) is 0.877. The molecule has 0 saturated carbocycles. The Bertz CT molecular complexity index is 569. The molecule has 2 aliphatic heterocycles. The van der Waals surface area contributed by atoms with Crippen LogP contribution in [0.1, 0.15) is 24.8 Å². The number of nitrogens with two attached hydrogens (primary N) is 1. The van der Waals surface area contributed by atoms with Crippen LogP contribution in [0.5, 0.6) is 0 Å². The number of hydrogen-bond donors (Lipinski definition) is 1. The van der Waals surface area contributed by atoms with Crippen molar-refractivity contribution in [2.24, 2.45) is 5.73 Å². The predicted molar refractivity (Wildman–Crippen MR) is 76.6 cm³/mol. The zero-order valence-corrected chi connectivity index (χ0v) is 12.5. The average molecular weight is 329 g/mol. The van der Waals surface area contributed by atoms with E-state index < -0.39 is 17.8 Å². The van der Waals surface area contributed by atoms with E-state index in [1.54, 1.807) is 0 Å². The normalized spacial score (nSPS) is 23.7. The highest BCUT2D eigenvalue weighted by atomic mass is 19.4. The summed E-state index contributed by atoms with van der Waals surface area (Å²) in [7, 11) is 0. The van der Waals surface area contributed by atoms with Gasteiger partial charge in [-0.25, -0.2) is 9.97 Å². The molecule has 3 rings (SSSR count). The summed E-state index contributed by atoms with van der Waals surface area (Å²) in [5.41, 5.74) is 4.88. The van der Waals surface area contributed by atoms with Crippen molar-refractivity contribution in [3.05, 3.63) is 18.0 Å². The Morgan fingerprint density at radius 1 is 1.09 bits per heavy atom. The third-order valence-corrected chi connectivity index (χ3v) is 4.43. The molecule has 2 aliphatic rings. The van der Waals surface area contributed by atoms with Crippen molar-refractivity contribution in [3.63, 3.8) is 0 Å².